The van der Waals surface area contributed by atoms with Crippen LogP contribution in [-0.2, 0) is 4.79 Å². The molecule has 0 saturated carbocycles. The highest BCUT2D eigenvalue weighted by Crippen LogP contribution is 2.06. The molecule has 2 heteroatoms. The Morgan fingerprint density at radius 1 is 1.89 bits per heavy atom. The van der Waals surface area contributed by atoms with Gasteiger partial charge in [-0.2, -0.15) is 0 Å². The van der Waals surface area contributed by atoms with Gasteiger partial charge >= 0.3 is 5.97 Å². The molecule has 2 nitrogen and oxygen atoms in total. The van der Waals surface area contributed by atoms with Crippen molar-refractivity contribution < 1.29 is 9.90 Å². The zero-order chi connectivity index (χ0) is 7.28. The zero-order valence-corrected chi connectivity index (χ0v) is 5.63. The standard InChI is InChI=1S/C7H12O2/c1-3-5-6(4-2)7(8)9/h4,6H,2-3,5H2,1H3,(H,8,9)/t6-/m1/s1. The van der Waals surface area contributed by atoms with Crippen LogP contribution >= 0.6 is 0 Å². The second-order valence-electron chi connectivity index (χ2n) is 1.97. The monoisotopic (exact) mass is 128 g/mol. The average Bonchev–Trinajstić information content (AvgIpc) is 1.82. The van der Waals surface area contributed by atoms with Gasteiger partial charge in [0, 0.05) is 0 Å². The van der Waals surface area contributed by atoms with Crippen molar-refractivity contribution in [3.8, 4) is 0 Å². The SMILES string of the molecule is C=C[C@H](CCC)C(=O)O. The second kappa shape index (κ2) is 4.13. The summed E-state index contributed by atoms with van der Waals surface area (Å²) < 4.78 is 0. The Bertz CT molecular complexity index is 107. The maximum atomic E-state index is 10.2. The van der Waals surface area contributed by atoms with Crippen molar-refractivity contribution in [3.05, 3.63) is 12.7 Å². The van der Waals surface area contributed by atoms with E-state index in [2.05, 4.69) is 6.58 Å². The summed E-state index contributed by atoms with van der Waals surface area (Å²) in [6.07, 6.45) is 3.06. The first-order valence-electron chi connectivity index (χ1n) is 3.07. The van der Waals surface area contributed by atoms with E-state index >= 15 is 0 Å². The number of carbonyl (C=O) groups is 1. The van der Waals surface area contributed by atoms with E-state index < -0.39 is 5.97 Å². The Morgan fingerprint density at radius 2 is 2.44 bits per heavy atom. The Morgan fingerprint density at radius 3 is 2.56 bits per heavy atom. The first-order valence-corrected chi connectivity index (χ1v) is 3.07. The first-order chi connectivity index (χ1) is 4.22. The summed E-state index contributed by atoms with van der Waals surface area (Å²) in [5.74, 6) is -1.12. The summed E-state index contributed by atoms with van der Waals surface area (Å²) in [5, 5.41) is 8.43. The average molecular weight is 128 g/mol. The molecular weight excluding hydrogens is 116 g/mol. The minimum atomic E-state index is -0.771. The minimum absolute atomic E-state index is 0.352. The molecule has 0 aliphatic heterocycles. The molecule has 0 amide bonds. The molecule has 1 N–H and O–H groups in total. The lowest BCUT2D eigenvalue weighted by Gasteiger charge is -2.02. The van der Waals surface area contributed by atoms with Gasteiger partial charge in [0.05, 0.1) is 5.92 Å². The van der Waals surface area contributed by atoms with E-state index in [1.165, 1.54) is 6.08 Å². The van der Waals surface area contributed by atoms with Crippen LogP contribution in [0.1, 0.15) is 19.8 Å². The summed E-state index contributed by atoms with van der Waals surface area (Å²) >= 11 is 0. The maximum absolute atomic E-state index is 10.2. The maximum Gasteiger partial charge on any atom is 0.310 e. The predicted octanol–water partition coefficient (Wildman–Crippen LogP) is 1.67. The molecule has 0 rings (SSSR count). The fraction of sp³-hybridized carbons (Fsp3) is 0.571. The molecule has 0 aromatic carbocycles. The molecule has 0 heterocycles. The van der Waals surface area contributed by atoms with Crippen molar-refractivity contribution >= 4 is 5.97 Å². The van der Waals surface area contributed by atoms with Crippen LogP contribution in [0.25, 0.3) is 0 Å². The summed E-state index contributed by atoms with van der Waals surface area (Å²) in [5.41, 5.74) is 0. The Labute approximate surface area is 55.2 Å². The van der Waals surface area contributed by atoms with Crippen molar-refractivity contribution in [1.82, 2.24) is 0 Å². The van der Waals surface area contributed by atoms with Crippen LogP contribution in [0.4, 0.5) is 0 Å². The predicted molar refractivity (Wildman–Crippen MR) is 36.2 cm³/mol. The van der Waals surface area contributed by atoms with Crippen LogP contribution in [-0.4, -0.2) is 11.1 Å². The van der Waals surface area contributed by atoms with Crippen LogP contribution in [0.2, 0.25) is 0 Å². The first kappa shape index (κ1) is 8.21. The molecule has 0 bridgehead atoms. The smallest absolute Gasteiger partial charge is 0.310 e. The molecule has 0 aliphatic carbocycles. The summed E-state index contributed by atoms with van der Waals surface area (Å²) in [7, 11) is 0. The summed E-state index contributed by atoms with van der Waals surface area (Å²) in [6.45, 7) is 5.38. The van der Waals surface area contributed by atoms with Gasteiger partial charge in [-0.15, -0.1) is 6.58 Å². The highest BCUT2D eigenvalue weighted by Gasteiger charge is 2.09. The van der Waals surface area contributed by atoms with E-state index in [0.29, 0.717) is 6.42 Å². The van der Waals surface area contributed by atoms with Gasteiger partial charge in [-0.25, -0.2) is 0 Å². The number of rotatable bonds is 4. The van der Waals surface area contributed by atoms with Crippen molar-refractivity contribution in [2.75, 3.05) is 0 Å². The third-order valence-electron chi connectivity index (χ3n) is 1.20. The van der Waals surface area contributed by atoms with Gasteiger partial charge in [-0.05, 0) is 6.42 Å². The van der Waals surface area contributed by atoms with Gasteiger partial charge in [-0.1, -0.05) is 19.4 Å². The van der Waals surface area contributed by atoms with Crippen LogP contribution < -0.4 is 0 Å². The number of aliphatic carboxylic acids is 1. The molecule has 0 radical (unpaired) electrons. The Kier molecular flexibility index (Phi) is 3.76. The van der Waals surface area contributed by atoms with Gasteiger partial charge in [0.2, 0.25) is 0 Å². The Hall–Kier alpha value is -0.790. The van der Waals surface area contributed by atoms with Crippen LogP contribution in [0.15, 0.2) is 12.7 Å². The molecule has 1 atom stereocenters. The summed E-state index contributed by atoms with van der Waals surface area (Å²) in [4.78, 5) is 10.2. The lowest BCUT2D eigenvalue weighted by atomic mass is 10.1. The van der Waals surface area contributed by atoms with Crippen LogP contribution in [0, 0.1) is 5.92 Å². The van der Waals surface area contributed by atoms with Crippen molar-refractivity contribution in [2.24, 2.45) is 5.92 Å². The van der Waals surface area contributed by atoms with E-state index in [0.717, 1.165) is 6.42 Å². The Balaban J connectivity index is 3.68. The molecule has 0 spiro atoms. The fourth-order valence-corrected chi connectivity index (χ4v) is 0.653. The second-order valence-corrected chi connectivity index (χ2v) is 1.97. The van der Waals surface area contributed by atoms with Crippen molar-refractivity contribution in [2.45, 2.75) is 19.8 Å². The lowest BCUT2D eigenvalue weighted by Crippen LogP contribution is -2.09. The largest absolute Gasteiger partial charge is 0.481 e. The van der Waals surface area contributed by atoms with Crippen molar-refractivity contribution in [1.29, 1.82) is 0 Å². The molecule has 0 aromatic heterocycles. The molecule has 0 aromatic rings. The topological polar surface area (TPSA) is 37.3 Å². The number of hydrogen-bond acceptors (Lipinski definition) is 1. The quantitative estimate of drug-likeness (QED) is 0.585. The van der Waals surface area contributed by atoms with Gasteiger partial charge in [0.25, 0.3) is 0 Å². The number of carboxylic acid groups (broad SMARTS) is 1. The summed E-state index contributed by atoms with van der Waals surface area (Å²) in [6, 6.07) is 0. The normalized spacial score (nSPS) is 12.6. The number of hydrogen-bond donors (Lipinski definition) is 1. The van der Waals surface area contributed by atoms with Gasteiger partial charge < -0.3 is 5.11 Å². The van der Waals surface area contributed by atoms with Crippen LogP contribution in [0.5, 0.6) is 0 Å². The zero-order valence-electron chi connectivity index (χ0n) is 5.63. The highest BCUT2D eigenvalue weighted by molar-refractivity contribution is 5.71. The van der Waals surface area contributed by atoms with E-state index in [4.69, 9.17) is 5.11 Å². The van der Waals surface area contributed by atoms with E-state index in [1.54, 1.807) is 0 Å². The molecule has 52 valence electrons. The van der Waals surface area contributed by atoms with E-state index in [9.17, 15) is 4.79 Å². The minimum Gasteiger partial charge on any atom is -0.481 e. The van der Waals surface area contributed by atoms with Gasteiger partial charge in [0.1, 0.15) is 0 Å². The van der Waals surface area contributed by atoms with Crippen LogP contribution in [0.3, 0.4) is 0 Å². The molecule has 0 fully saturated rings. The molecule has 0 saturated heterocycles. The van der Waals surface area contributed by atoms with E-state index in [1.807, 2.05) is 6.92 Å². The fourth-order valence-electron chi connectivity index (χ4n) is 0.653. The van der Waals surface area contributed by atoms with Gasteiger partial charge in [0.15, 0.2) is 0 Å². The lowest BCUT2D eigenvalue weighted by molar-refractivity contribution is -0.140. The third kappa shape index (κ3) is 2.90. The van der Waals surface area contributed by atoms with E-state index in [-0.39, 0.29) is 5.92 Å². The highest BCUT2D eigenvalue weighted by atomic mass is 16.4. The molecule has 0 unspecified atom stereocenters. The third-order valence-corrected chi connectivity index (χ3v) is 1.20. The molecular formula is C7H12O2. The van der Waals surface area contributed by atoms with Gasteiger partial charge in [-0.3, -0.25) is 4.79 Å². The van der Waals surface area contributed by atoms with Crippen molar-refractivity contribution in [3.63, 3.8) is 0 Å². The molecule has 9 heavy (non-hydrogen) atoms. The number of carboxylic acids is 1. The molecule has 0 aliphatic rings.